The van der Waals surface area contributed by atoms with E-state index >= 15 is 0 Å². The number of nitrogens with zero attached hydrogens (tertiary/aromatic N) is 4. The Bertz CT molecular complexity index is 1640. The number of halogens is 3. The number of hydrogen-bond donors (Lipinski definition) is 1. The molecule has 1 N–H and O–H groups in total. The third-order valence-corrected chi connectivity index (χ3v) is 8.75. The van der Waals surface area contributed by atoms with Crippen molar-refractivity contribution in [2.75, 3.05) is 24.6 Å². The minimum Gasteiger partial charge on any atom is -0.490 e. The molecule has 2 heterocycles. The van der Waals surface area contributed by atoms with Crippen molar-refractivity contribution in [3.05, 3.63) is 74.2 Å². The molecule has 0 radical (unpaired) electrons. The molecule has 3 rings (SSSR count). The zero-order valence-corrected chi connectivity index (χ0v) is 27.8. The summed E-state index contributed by atoms with van der Waals surface area (Å²) in [6.45, 7) is 7.12. The molecule has 0 saturated heterocycles. The minimum absolute atomic E-state index is 0.154. The van der Waals surface area contributed by atoms with Crippen LogP contribution in [-0.4, -0.2) is 50.5 Å². The van der Waals surface area contributed by atoms with Gasteiger partial charge in [-0.2, -0.15) is 29.0 Å². The monoisotopic (exact) mass is 662 g/mol. The molecule has 1 aromatic heterocycles. The lowest BCUT2D eigenvalue weighted by Gasteiger charge is -2.28. The second kappa shape index (κ2) is 16.9. The van der Waals surface area contributed by atoms with E-state index in [1.807, 2.05) is 38.2 Å². The molecule has 0 spiro atoms. The number of thiophene rings is 1. The molecular weight excluding hydrogens is 624 g/mol. The van der Waals surface area contributed by atoms with Crippen molar-refractivity contribution in [1.29, 1.82) is 15.8 Å². The topological polar surface area (TPSA) is 113 Å². The van der Waals surface area contributed by atoms with Crippen molar-refractivity contribution in [2.45, 2.75) is 70.7 Å². The molecule has 1 aliphatic heterocycles. The van der Waals surface area contributed by atoms with Crippen molar-refractivity contribution in [3.63, 3.8) is 0 Å². The fourth-order valence-corrected chi connectivity index (χ4v) is 5.59. The quantitative estimate of drug-likeness (QED) is 0.154. The van der Waals surface area contributed by atoms with Gasteiger partial charge in [-0.15, -0.1) is 11.3 Å². The highest BCUT2D eigenvalue weighted by Crippen LogP contribution is 2.49. The Morgan fingerprint density at radius 1 is 1.04 bits per heavy atom. The van der Waals surface area contributed by atoms with Crippen LogP contribution in [0.5, 0.6) is 5.75 Å². The molecule has 12 heteroatoms. The van der Waals surface area contributed by atoms with Crippen LogP contribution in [-0.2, 0) is 4.74 Å². The van der Waals surface area contributed by atoms with Crippen LogP contribution in [0.3, 0.4) is 0 Å². The van der Waals surface area contributed by atoms with Crippen molar-refractivity contribution in [1.82, 2.24) is 0 Å². The van der Waals surface area contributed by atoms with Crippen LogP contribution in [0.15, 0.2) is 58.9 Å². The van der Waals surface area contributed by atoms with Crippen LogP contribution in [0, 0.1) is 34.0 Å². The fourth-order valence-electron chi connectivity index (χ4n) is 4.78. The number of unbranched alkanes of at least 4 members (excludes halogenated alkanes) is 2. The number of allylic oxidation sites excluding steroid dienone is 2. The van der Waals surface area contributed by atoms with Gasteiger partial charge in [0.2, 0.25) is 5.60 Å². The lowest BCUT2D eigenvalue weighted by atomic mass is 9.92. The van der Waals surface area contributed by atoms with Gasteiger partial charge in [0.1, 0.15) is 44.0 Å². The average Bonchev–Trinajstić information content (AvgIpc) is 3.64. The van der Waals surface area contributed by atoms with Crippen molar-refractivity contribution in [3.8, 4) is 24.0 Å². The molecule has 2 unspecified atom stereocenters. The molecule has 0 bridgehead atoms. The third kappa shape index (κ3) is 9.10. The number of anilines is 1. The number of ether oxygens (including phenoxy) is 2. The summed E-state index contributed by atoms with van der Waals surface area (Å²) in [5.74, 6) is -0.0383. The second-order valence-electron chi connectivity index (χ2n) is 11.2. The van der Waals surface area contributed by atoms with Gasteiger partial charge in [0.05, 0.1) is 6.10 Å². The second-order valence-corrected chi connectivity index (χ2v) is 12.3. The highest BCUT2D eigenvalue weighted by atomic mass is 32.1. The van der Waals surface area contributed by atoms with E-state index < -0.39 is 40.4 Å². The van der Waals surface area contributed by atoms with Crippen LogP contribution in [0.25, 0.3) is 18.2 Å². The van der Waals surface area contributed by atoms with E-state index in [0.717, 1.165) is 67.9 Å². The zero-order valence-electron chi connectivity index (χ0n) is 27.0. The molecule has 7 nitrogen and oxygen atoms in total. The molecule has 0 fully saturated rings. The summed E-state index contributed by atoms with van der Waals surface area (Å²) >= 11 is 1.32. The maximum atomic E-state index is 14.1. The number of rotatable bonds is 15. The smallest absolute Gasteiger partial charge is 0.432 e. The van der Waals surface area contributed by atoms with Gasteiger partial charge in [-0.05, 0) is 62.3 Å². The van der Waals surface area contributed by atoms with Gasteiger partial charge < -0.3 is 19.5 Å². The van der Waals surface area contributed by atoms with Crippen LogP contribution in [0.1, 0.15) is 61.8 Å². The first-order valence-electron chi connectivity index (χ1n) is 15.6. The highest BCUT2D eigenvalue weighted by Gasteiger charge is 2.60. The van der Waals surface area contributed by atoms with E-state index in [-0.39, 0.29) is 6.61 Å². The Labute approximate surface area is 279 Å². The normalized spacial score (nSPS) is 17.0. The van der Waals surface area contributed by atoms with E-state index in [2.05, 4.69) is 24.8 Å². The van der Waals surface area contributed by atoms with Gasteiger partial charge in [0.25, 0.3) is 0 Å². The van der Waals surface area contributed by atoms with Gasteiger partial charge >= 0.3 is 6.18 Å². The molecule has 0 saturated carbocycles. The molecule has 47 heavy (non-hydrogen) atoms. The number of hydrogen-bond acceptors (Lipinski definition) is 8. The van der Waals surface area contributed by atoms with Crippen LogP contribution in [0.4, 0.5) is 18.9 Å². The van der Waals surface area contributed by atoms with Gasteiger partial charge in [-0.3, -0.25) is 0 Å². The molecular formula is C35H38BF3N4O3S. The third-order valence-electron chi connectivity index (χ3n) is 7.74. The maximum Gasteiger partial charge on any atom is 0.432 e. The summed E-state index contributed by atoms with van der Waals surface area (Å²) in [7, 11) is 1.89. The maximum absolute atomic E-state index is 14.1. The SMILES string of the molecule is BCC(O)COc1cc(N(CCCC)CCCC)ccc1/C=C/c1ccc(/C=C/C2=C(C#N)C(=C(C#N)C#N)OC2(C)C(F)(F)F)s1. The van der Waals surface area contributed by atoms with Crippen molar-refractivity contribution in [2.24, 2.45) is 0 Å². The standard InChI is InChI=1S/C35H38BF3N4O3S/c1-4-6-16-43(17-7-5-2)26-10-8-24(32(18-26)45-23-27(44)19-36)9-11-28-12-13-29(47-28)14-15-31-30(22-42)33(25(20-40)21-41)46-34(31,3)35(37,38)39/h8-15,18,27,44H,4-7,16-17,19,23,36H2,1-3H3/b11-9+,15-14+. The number of benzene rings is 1. The molecule has 1 aliphatic rings. The minimum atomic E-state index is -4.93. The number of alkyl halides is 3. The summed E-state index contributed by atoms with van der Waals surface area (Å²) in [5, 5.41) is 38.3. The fraction of sp³-hybridized carbons (Fsp3) is 0.400. The Morgan fingerprint density at radius 2 is 1.66 bits per heavy atom. The summed E-state index contributed by atoms with van der Waals surface area (Å²) in [6.07, 6.45) is 5.70. The van der Waals surface area contributed by atoms with E-state index in [1.54, 1.807) is 12.1 Å². The average molecular weight is 663 g/mol. The number of nitriles is 3. The van der Waals surface area contributed by atoms with E-state index in [9.17, 15) is 34.1 Å². The van der Waals surface area contributed by atoms with Crippen molar-refractivity contribution >= 4 is 43.1 Å². The van der Waals surface area contributed by atoms with Gasteiger partial charge in [-0.25, -0.2) is 0 Å². The van der Waals surface area contributed by atoms with Gasteiger partial charge in [0, 0.05) is 45.7 Å². The molecule has 2 aromatic rings. The number of aliphatic hydroxyl groups excluding tert-OH is 1. The summed E-state index contributed by atoms with van der Waals surface area (Å²) in [6, 6.07) is 14.3. The van der Waals surface area contributed by atoms with Crippen LogP contribution in [0.2, 0.25) is 6.32 Å². The Kier molecular flexibility index (Phi) is 13.3. The Hall–Kier alpha value is -4.44. The van der Waals surface area contributed by atoms with E-state index in [1.165, 1.54) is 29.6 Å². The molecule has 1 aromatic carbocycles. The van der Waals surface area contributed by atoms with Gasteiger partial charge in [-0.1, -0.05) is 39.1 Å². The van der Waals surface area contributed by atoms with E-state index in [0.29, 0.717) is 16.9 Å². The van der Waals surface area contributed by atoms with E-state index in [4.69, 9.17) is 9.47 Å². The molecule has 246 valence electrons. The summed E-state index contributed by atoms with van der Waals surface area (Å²) in [4.78, 5) is 3.78. The van der Waals surface area contributed by atoms with Crippen LogP contribution < -0.4 is 9.64 Å². The molecule has 2 atom stereocenters. The molecule has 0 amide bonds. The summed E-state index contributed by atoms with van der Waals surface area (Å²) in [5.41, 5.74) is -2.76. The predicted molar refractivity (Wildman–Crippen MR) is 182 cm³/mol. The Morgan fingerprint density at radius 3 is 2.19 bits per heavy atom. The molecule has 0 aliphatic carbocycles. The highest BCUT2D eigenvalue weighted by molar-refractivity contribution is 7.13. The lowest BCUT2D eigenvalue weighted by molar-refractivity contribution is -0.236. The first-order valence-corrected chi connectivity index (χ1v) is 16.4. The van der Waals surface area contributed by atoms with Gasteiger partial charge in [0.15, 0.2) is 11.3 Å². The first kappa shape index (κ1) is 37.0. The number of aliphatic hydroxyl groups is 1. The lowest BCUT2D eigenvalue weighted by Crippen LogP contribution is -2.43. The van der Waals surface area contributed by atoms with Crippen molar-refractivity contribution < 1.29 is 27.8 Å². The first-order chi connectivity index (χ1) is 22.5. The predicted octanol–water partition coefficient (Wildman–Crippen LogP) is 7.60. The largest absolute Gasteiger partial charge is 0.490 e. The Balaban J connectivity index is 1.94. The zero-order chi connectivity index (χ0) is 34.6. The summed E-state index contributed by atoms with van der Waals surface area (Å²) < 4.78 is 53.6. The van der Waals surface area contributed by atoms with Crippen LogP contribution >= 0.6 is 11.3 Å².